The predicted octanol–water partition coefficient (Wildman–Crippen LogP) is 2.89. The SMILES string of the molecule is COc1cc(C(=O)NCC(=O)N/N=C(\C)c2csc3ccccc23)ccc1O. The Bertz CT molecular complexity index is 1060. The van der Waals surface area contributed by atoms with Crippen LogP contribution in [-0.2, 0) is 4.79 Å². The van der Waals surface area contributed by atoms with E-state index >= 15 is 0 Å². The molecule has 3 rings (SSSR count). The monoisotopic (exact) mass is 397 g/mol. The van der Waals surface area contributed by atoms with E-state index in [4.69, 9.17) is 4.74 Å². The second-order valence-electron chi connectivity index (χ2n) is 5.95. The van der Waals surface area contributed by atoms with Crippen molar-refractivity contribution < 1.29 is 19.4 Å². The summed E-state index contributed by atoms with van der Waals surface area (Å²) in [5.41, 5.74) is 4.36. The standard InChI is InChI=1S/C20H19N3O4S/c1-12(15-11-28-18-6-4-3-5-14(15)18)22-23-19(25)10-21-20(26)13-7-8-16(24)17(9-13)27-2/h3-9,11,24H,10H2,1-2H3,(H,21,26)(H,23,25)/b22-12+. The number of phenolic OH excluding ortho intramolecular Hbond substituents is 1. The summed E-state index contributed by atoms with van der Waals surface area (Å²) in [6.45, 7) is 1.58. The molecule has 2 aromatic carbocycles. The molecule has 7 nitrogen and oxygen atoms in total. The molecule has 0 aliphatic rings. The molecule has 0 bridgehead atoms. The number of carbonyl (C=O) groups is 2. The zero-order valence-electron chi connectivity index (χ0n) is 15.4. The molecule has 1 aromatic heterocycles. The minimum atomic E-state index is -0.460. The number of rotatable bonds is 6. The second kappa shape index (κ2) is 8.53. The van der Waals surface area contributed by atoms with Crippen LogP contribution in [0.3, 0.4) is 0 Å². The maximum atomic E-state index is 12.1. The number of fused-ring (bicyclic) bond motifs is 1. The molecule has 8 heteroatoms. The number of carbonyl (C=O) groups excluding carboxylic acids is 2. The Morgan fingerprint density at radius 2 is 2.00 bits per heavy atom. The molecule has 144 valence electrons. The third kappa shape index (κ3) is 4.29. The fourth-order valence-corrected chi connectivity index (χ4v) is 3.59. The van der Waals surface area contributed by atoms with Gasteiger partial charge in [-0.3, -0.25) is 9.59 Å². The van der Waals surface area contributed by atoms with Gasteiger partial charge in [-0.05, 0) is 31.2 Å². The number of ether oxygens (including phenoxy) is 1. The van der Waals surface area contributed by atoms with E-state index in [1.165, 1.54) is 25.3 Å². The average molecular weight is 397 g/mol. The molecule has 0 aliphatic carbocycles. The minimum Gasteiger partial charge on any atom is -0.504 e. The molecule has 2 amide bonds. The second-order valence-corrected chi connectivity index (χ2v) is 6.86. The fourth-order valence-electron chi connectivity index (χ4n) is 2.59. The molecular weight excluding hydrogens is 378 g/mol. The number of phenols is 1. The van der Waals surface area contributed by atoms with Crippen molar-refractivity contribution in [1.29, 1.82) is 0 Å². The van der Waals surface area contributed by atoms with Crippen molar-refractivity contribution in [2.45, 2.75) is 6.92 Å². The van der Waals surface area contributed by atoms with Crippen LogP contribution in [0.15, 0.2) is 52.9 Å². The lowest BCUT2D eigenvalue weighted by atomic mass is 10.1. The fraction of sp³-hybridized carbons (Fsp3) is 0.150. The highest BCUT2D eigenvalue weighted by Gasteiger charge is 2.11. The lowest BCUT2D eigenvalue weighted by Gasteiger charge is -2.07. The molecule has 0 atom stereocenters. The number of nitrogens with zero attached hydrogens (tertiary/aromatic N) is 1. The van der Waals surface area contributed by atoms with E-state index < -0.39 is 11.8 Å². The Hall–Kier alpha value is -3.39. The van der Waals surface area contributed by atoms with Gasteiger partial charge in [-0.25, -0.2) is 5.43 Å². The summed E-state index contributed by atoms with van der Waals surface area (Å²) in [4.78, 5) is 24.1. The van der Waals surface area contributed by atoms with Gasteiger partial charge < -0.3 is 15.2 Å². The number of amides is 2. The summed E-state index contributed by atoms with van der Waals surface area (Å²) in [6, 6.07) is 12.2. The van der Waals surface area contributed by atoms with Crippen molar-refractivity contribution in [1.82, 2.24) is 10.7 Å². The van der Waals surface area contributed by atoms with E-state index in [2.05, 4.69) is 15.8 Å². The van der Waals surface area contributed by atoms with Crippen LogP contribution in [0.5, 0.6) is 11.5 Å². The maximum absolute atomic E-state index is 12.1. The molecule has 0 radical (unpaired) electrons. The predicted molar refractivity (Wildman–Crippen MR) is 109 cm³/mol. The molecule has 0 spiro atoms. The van der Waals surface area contributed by atoms with Gasteiger partial charge >= 0.3 is 0 Å². The first-order valence-electron chi connectivity index (χ1n) is 8.44. The number of hydrazone groups is 1. The van der Waals surface area contributed by atoms with Gasteiger partial charge in [-0.1, -0.05) is 18.2 Å². The van der Waals surface area contributed by atoms with Crippen molar-refractivity contribution in [3.8, 4) is 11.5 Å². The van der Waals surface area contributed by atoms with Crippen LogP contribution in [-0.4, -0.2) is 36.3 Å². The molecule has 0 unspecified atom stereocenters. The van der Waals surface area contributed by atoms with E-state index in [-0.39, 0.29) is 23.6 Å². The number of thiophene rings is 1. The van der Waals surface area contributed by atoms with E-state index in [9.17, 15) is 14.7 Å². The summed E-state index contributed by atoms with van der Waals surface area (Å²) >= 11 is 1.61. The number of hydrogen-bond donors (Lipinski definition) is 3. The average Bonchev–Trinajstić information content (AvgIpc) is 3.14. The number of nitrogens with one attached hydrogen (secondary N) is 2. The Kier molecular flexibility index (Phi) is 5.90. The topological polar surface area (TPSA) is 100 Å². The van der Waals surface area contributed by atoms with Gasteiger partial charge in [0.2, 0.25) is 0 Å². The van der Waals surface area contributed by atoms with Gasteiger partial charge in [0, 0.05) is 26.6 Å². The first-order valence-corrected chi connectivity index (χ1v) is 9.32. The van der Waals surface area contributed by atoms with Gasteiger partial charge in [-0.2, -0.15) is 5.10 Å². The molecule has 0 fully saturated rings. The first-order chi connectivity index (χ1) is 13.5. The normalized spacial score (nSPS) is 11.3. The van der Waals surface area contributed by atoms with Gasteiger partial charge in [-0.15, -0.1) is 11.3 Å². The molecule has 0 saturated carbocycles. The van der Waals surface area contributed by atoms with Gasteiger partial charge in [0.25, 0.3) is 11.8 Å². The molecule has 28 heavy (non-hydrogen) atoms. The van der Waals surface area contributed by atoms with Crippen LogP contribution in [0.2, 0.25) is 0 Å². The number of hydrogen-bond acceptors (Lipinski definition) is 6. The lowest BCUT2D eigenvalue weighted by Crippen LogP contribution is -2.35. The zero-order valence-corrected chi connectivity index (χ0v) is 16.2. The van der Waals surface area contributed by atoms with Gasteiger partial charge in [0.1, 0.15) is 0 Å². The lowest BCUT2D eigenvalue weighted by molar-refractivity contribution is -0.120. The van der Waals surface area contributed by atoms with Crippen LogP contribution >= 0.6 is 11.3 Å². The summed E-state index contributed by atoms with van der Waals surface area (Å²) < 4.78 is 6.11. The highest BCUT2D eigenvalue weighted by Crippen LogP contribution is 2.26. The number of benzene rings is 2. The largest absolute Gasteiger partial charge is 0.504 e. The zero-order chi connectivity index (χ0) is 20.1. The Labute approximate surface area is 165 Å². The van der Waals surface area contributed by atoms with Gasteiger partial charge in [0.05, 0.1) is 19.4 Å². The third-order valence-corrected chi connectivity index (χ3v) is 5.03. The van der Waals surface area contributed by atoms with Crippen molar-refractivity contribution in [2.75, 3.05) is 13.7 Å². The van der Waals surface area contributed by atoms with E-state index in [1.54, 1.807) is 11.3 Å². The molecule has 3 N–H and O–H groups in total. The van der Waals surface area contributed by atoms with Crippen LogP contribution in [0.4, 0.5) is 0 Å². The number of aromatic hydroxyl groups is 1. The molecule has 3 aromatic rings. The van der Waals surface area contributed by atoms with Crippen LogP contribution in [0.1, 0.15) is 22.8 Å². The highest BCUT2D eigenvalue weighted by atomic mass is 32.1. The van der Waals surface area contributed by atoms with Crippen molar-refractivity contribution in [3.63, 3.8) is 0 Å². The summed E-state index contributed by atoms with van der Waals surface area (Å²) in [5, 5.41) is 19.3. The minimum absolute atomic E-state index is 0.0671. The summed E-state index contributed by atoms with van der Waals surface area (Å²) in [7, 11) is 1.39. The molecule has 0 aliphatic heterocycles. The quantitative estimate of drug-likeness (QED) is 0.440. The first kappa shape index (κ1) is 19.4. The highest BCUT2D eigenvalue weighted by molar-refractivity contribution is 7.17. The van der Waals surface area contributed by atoms with Crippen LogP contribution < -0.4 is 15.5 Å². The Balaban J connectivity index is 1.58. The maximum Gasteiger partial charge on any atom is 0.259 e. The van der Waals surface area contributed by atoms with Crippen LogP contribution in [0.25, 0.3) is 10.1 Å². The molecule has 0 saturated heterocycles. The van der Waals surface area contributed by atoms with E-state index in [1.807, 2.05) is 36.6 Å². The third-order valence-electron chi connectivity index (χ3n) is 4.07. The summed E-state index contributed by atoms with van der Waals surface area (Å²) in [6.07, 6.45) is 0. The van der Waals surface area contributed by atoms with Gasteiger partial charge in [0.15, 0.2) is 11.5 Å². The number of methoxy groups -OCH3 is 1. The Morgan fingerprint density at radius 1 is 1.21 bits per heavy atom. The van der Waals surface area contributed by atoms with Crippen LogP contribution in [0, 0.1) is 0 Å². The van der Waals surface area contributed by atoms with E-state index in [0.29, 0.717) is 5.71 Å². The summed E-state index contributed by atoms with van der Waals surface area (Å²) in [5.74, 6) is -0.793. The molecule has 1 heterocycles. The Morgan fingerprint density at radius 3 is 2.79 bits per heavy atom. The van der Waals surface area contributed by atoms with Crippen molar-refractivity contribution >= 4 is 38.9 Å². The van der Waals surface area contributed by atoms with Crippen molar-refractivity contribution in [3.05, 3.63) is 59.0 Å². The molecular formula is C20H19N3O4S. The smallest absolute Gasteiger partial charge is 0.259 e. The van der Waals surface area contributed by atoms with E-state index in [0.717, 1.165) is 15.6 Å². The van der Waals surface area contributed by atoms with Crippen molar-refractivity contribution in [2.24, 2.45) is 5.10 Å².